The zero-order valence-electron chi connectivity index (χ0n) is 18.0. The molecule has 2 aromatic rings. The van der Waals surface area contributed by atoms with Crippen molar-refractivity contribution in [2.45, 2.75) is 51.4 Å². The van der Waals surface area contributed by atoms with Gasteiger partial charge in [0.15, 0.2) is 0 Å². The van der Waals surface area contributed by atoms with Crippen molar-refractivity contribution in [1.29, 1.82) is 0 Å². The lowest BCUT2D eigenvalue weighted by molar-refractivity contribution is -0.138. The number of alkyl halides is 3. The molecule has 9 heteroatoms. The second-order valence-electron chi connectivity index (χ2n) is 7.77. The maximum absolute atomic E-state index is 13.6. The predicted molar refractivity (Wildman–Crippen MR) is 112 cm³/mol. The van der Waals surface area contributed by atoms with Crippen LogP contribution < -0.4 is 10.1 Å². The second kappa shape index (κ2) is 10.0. The van der Waals surface area contributed by atoms with Gasteiger partial charge in [0, 0.05) is 38.2 Å². The lowest BCUT2D eigenvalue weighted by Crippen LogP contribution is -2.31. The van der Waals surface area contributed by atoms with Crippen molar-refractivity contribution in [3.8, 4) is 5.75 Å². The average molecular weight is 449 g/mol. The minimum atomic E-state index is -4.59. The number of carbonyl (C=O) groups is 2. The molecule has 1 N–H and O–H groups in total. The summed E-state index contributed by atoms with van der Waals surface area (Å²) in [5, 5.41) is 2.38. The van der Waals surface area contributed by atoms with Gasteiger partial charge in [-0.2, -0.15) is 13.2 Å². The molecule has 1 aliphatic heterocycles. The predicted octanol–water partition coefficient (Wildman–Crippen LogP) is 4.04. The Morgan fingerprint density at radius 2 is 1.97 bits per heavy atom. The maximum atomic E-state index is 13.6. The number of hydrogen-bond acceptors (Lipinski definition) is 4. The van der Waals surface area contributed by atoms with Crippen LogP contribution in [0.4, 0.5) is 13.2 Å². The number of nitrogens with one attached hydrogen (secondary N) is 1. The number of pyridine rings is 1. The number of hydrogen-bond donors (Lipinski definition) is 1. The van der Waals surface area contributed by atoms with Gasteiger partial charge in [0.1, 0.15) is 5.75 Å². The molecule has 0 bridgehead atoms. The molecule has 0 radical (unpaired) electrons. The van der Waals surface area contributed by atoms with Gasteiger partial charge < -0.3 is 15.0 Å². The normalized spacial score (nSPS) is 16.2. The number of carbonyl (C=O) groups excluding carboxylic acids is 2. The number of rotatable bonds is 7. The Bertz CT molecular complexity index is 961. The van der Waals surface area contributed by atoms with Crippen LogP contribution in [-0.2, 0) is 28.7 Å². The minimum Gasteiger partial charge on any atom is -0.497 e. The molecule has 2 heterocycles. The van der Waals surface area contributed by atoms with E-state index >= 15 is 0 Å². The van der Waals surface area contributed by atoms with Crippen LogP contribution in [0.15, 0.2) is 36.5 Å². The molecule has 0 spiro atoms. The Hall–Kier alpha value is -3.10. The third-order valence-corrected chi connectivity index (χ3v) is 5.54. The molecule has 0 aliphatic carbocycles. The lowest BCUT2D eigenvalue weighted by Gasteiger charge is -2.25. The first-order chi connectivity index (χ1) is 15.2. The Balaban J connectivity index is 1.74. The molecule has 1 aliphatic rings. The first-order valence-electron chi connectivity index (χ1n) is 10.4. The van der Waals surface area contributed by atoms with E-state index in [4.69, 9.17) is 4.74 Å². The van der Waals surface area contributed by atoms with Crippen molar-refractivity contribution in [2.24, 2.45) is 0 Å². The molecule has 6 nitrogen and oxygen atoms in total. The summed E-state index contributed by atoms with van der Waals surface area (Å²) in [4.78, 5) is 29.8. The molecule has 1 aromatic heterocycles. The SMILES string of the molecule is COc1ccc(CCC(=O)N2CCC[C@@H]2c2cc(C(F)(F)F)c(CNC(C)=O)cn2)cc1. The van der Waals surface area contributed by atoms with E-state index in [0.717, 1.165) is 23.6 Å². The second-order valence-corrected chi connectivity index (χ2v) is 7.77. The van der Waals surface area contributed by atoms with E-state index in [2.05, 4.69) is 10.3 Å². The third kappa shape index (κ3) is 5.77. The van der Waals surface area contributed by atoms with Gasteiger partial charge in [-0.05, 0) is 43.0 Å². The standard InChI is InChI=1S/C23H26F3N3O3/c1-15(30)27-13-17-14-28-20(12-19(17)23(24,25)26)21-4-3-11-29(21)22(31)10-7-16-5-8-18(32-2)9-6-16/h5-6,8-9,12,14,21H,3-4,7,10-11,13H2,1-2H3,(H,27,30)/t21-/m1/s1. The molecule has 172 valence electrons. The van der Waals surface area contributed by atoms with Crippen molar-refractivity contribution < 1.29 is 27.5 Å². The molecule has 1 atom stereocenters. The summed E-state index contributed by atoms with van der Waals surface area (Å²) in [5.74, 6) is 0.195. The topological polar surface area (TPSA) is 71.5 Å². The molecule has 1 fully saturated rings. The van der Waals surface area contributed by atoms with Gasteiger partial charge in [0.2, 0.25) is 11.8 Å². The maximum Gasteiger partial charge on any atom is 0.416 e. The van der Waals surface area contributed by atoms with Gasteiger partial charge in [-0.15, -0.1) is 0 Å². The van der Waals surface area contributed by atoms with E-state index in [1.165, 1.54) is 6.92 Å². The minimum absolute atomic E-state index is 0.105. The number of ether oxygens (including phenoxy) is 1. The van der Waals surface area contributed by atoms with Crippen LogP contribution in [0.5, 0.6) is 5.75 Å². The molecule has 1 saturated heterocycles. The van der Waals surface area contributed by atoms with E-state index in [9.17, 15) is 22.8 Å². The number of nitrogens with zero attached hydrogens (tertiary/aromatic N) is 2. The summed E-state index contributed by atoms with van der Waals surface area (Å²) in [6, 6.07) is 7.94. The van der Waals surface area contributed by atoms with Crippen LogP contribution in [0.2, 0.25) is 0 Å². The summed E-state index contributed by atoms with van der Waals surface area (Å²) in [6.07, 6.45) is -1.39. The number of likely N-dealkylation sites (tertiary alicyclic amines) is 1. The fourth-order valence-corrected chi connectivity index (χ4v) is 3.87. The molecular weight excluding hydrogens is 423 g/mol. The zero-order chi connectivity index (χ0) is 23.3. The Labute approximate surface area is 184 Å². The van der Waals surface area contributed by atoms with Crippen LogP contribution in [-0.4, -0.2) is 35.4 Å². The molecule has 2 amide bonds. The van der Waals surface area contributed by atoms with Crippen molar-refractivity contribution in [3.05, 3.63) is 58.9 Å². The van der Waals surface area contributed by atoms with Crippen LogP contribution >= 0.6 is 0 Å². The van der Waals surface area contributed by atoms with Crippen molar-refractivity contribution in [1.82, 2.24) is 15.2 Å². The molecule has 32 heavy (non-hydrogen) atoms. The summed E-state index contributed by atoms with van der Waals surface area (Å²) in [6.45, 7) is 1.47. The Morgan fingerprint density at radius 1 is 1.25 bits per heavy atom. The lowest BCUT2D eigenvalue weighted by atomic mass is 10.0. The van der Waals surface area contributed by atoms with Crippen molar-refractivity contribution in [3.63, 3.8) is 0 Å². The first-order valence-corrected chi connectivity index (χ1v) is 10.4. The highest BCUT2D eigenvalue weighted by Gasteiger charge is 2.37. The Kier molecular flexibility index (Phi) is 7.37. The van der Waals surface area contributed by atoms with Gasteiger partial charge in [-0.25, -0.2) is 0 Å². The summed E-state index contributed by atoms with van der Waals surface area (Å²) in [5.41, 5.74) is 0.259. The van der Waals surface area contributed by atoms with E-state index in [1.807, 2.05) is 24.3 Å². The number of amides is 2. The number of aromatic nitrogens is 1. The molecule has 0 unspecified atom stereocenters. The first kappa shape index (κ1) is 23.6. The largest absolute Gasteiger partial charge is 0.497 e. The third-order valence-electron chi connectivity index (χ3n) is 5.54. The number of methoxy groups -OCH3 is 1. The smallest absolute Gasteiger partial charge is 0.416 e. The van der Waals surface area contributed by atoms with E-state index in [-0.39, 0.29) is 30.1 Å². The molecule has 1 aromatic carbocycles. The fourth-order valence-electron chi connectivity index (χ4n) is 3.87. The van der Waals surface area contributed by atoms with Gasteiger partial charge >= 0.3 is 6.18 Å². The number of benzene rings is 1. The van der Waals surface area contributed by atoms with Crippen molar-refractivity contribution in [2.75, 3.05) is 13.7 Å². The number of aryl methyl sites for hydroxylation is 1. The van der Waals surface area contributed by atoms with Crippen LogP contribution in [0.3, 0.4) is 0 Å². The molecular formula is C23H26F3N3O3. The summed E-state index contributed by atoms with van der Waals surface area (Å²) in [7, 11) is 1.58. The van der Waals surface area contributed by atoms with Crippen LogP contribution in [0.1, 0.15) is 54.6 Å². The van der Waals surface area contributed by atoms with Gasteiger partial charge in [0.05, 0.1) is 24.4 Å². The quantitative estimate of drug-likeness (QED) is 0.693. The van der Waals surface area contributed by atoms with Crippen LogP contribution in [0, 0.1) is 0 Å². The van der Waals surface area contributed by atoms with Crippen molar-refractivity contribution >= 4 is 11.8 Å². The number of halogens is 3. The van der Waals surface area contributed by atoms with Gasteiger partial charge in [-0.3, -0.25) is 14.6 Å². The summed E-state index contributed by atoms with van der Waals surface area (Å²) < 4.78 is 46.0. The Morgan fingerprint density at radius 3 is 2.59 bits per heavy atom. The molecule has 3 rings (SSSR count). The highest BCUT2D eigenvalue weighted by molar-refractivity contribution is 5.77. The fraction of sp³-hybridized carbons (Fsp3) is 0.435. The van der Waals surface area contributed by atoms with E-state index in [1.54, 1.807) is 12.0 Å². The van der Waals surface area contributed by atoms with E-state index in [0.29, 0.717) is 25.8 Å². The van der Waals surface area contributed by atoms with Crippen LogP contribution in [0.25, 0.3) is 0 Å². The summed E-state index contributed by atoms with van der Waals surface area (Å²) >= 11 is 0. The van der Waals surface area contributed by atoms with E-state index < -0.39 is 23.7 Å². The highest BCUT2D eigenvalue weighted by Crippen LogP contribution is 2.37. The highest BCUT2D eigenvalue weighted by atomic mass is 19.4. The van der Waals surface area contributed by atoms with Gasteiger partial charge in [0.25, 0.3) is 0 Å². The monoisotopic (exact) mass is 449 g/mol. The molecule has 0 saturated carbocycles. The average Bonchev–Trinajstić information content (AvgIpc) is 3.25. The zero-order valence-corrected chi connectivity index (χ0v) is 18.0. The van der Waals surface area contributed by atoms with Gasteiger partial charge in [-0.1, -0.05) is 12.1 Å².